The largest absolute Gasteiger partial charge is 0.497 e. The van der Waals surface area contributed by atoms with Crippen molar-refractivity contribution in [2.75, 3.05) is 13.7 Å². The van der Waals surface area contributed by atoms with E-state index in [1.807, 2.05) is 42.5 Å². The van der Waals surface area contributed by atoms with Crippen LogP contribution in [0.2, 0.25) is 5.02 Å². The summed E-state index contributed by atoms with van der Waals surface area (Å²) in [6.45, 7) is 0.999. The van der Waals surface area contributed by atoms with Gasteiger partial charge in [-0.1, -0.05) is 35.9 Å². The summed E-state index contributed by atoms with van der Waals surface area (Å²) in [5.41, 5.74) is 7.65. The standard InChI is InChI=1S/C16H18ClNO2/c1-19-14-7-6-12(8-9-18)16(10-14)20-11-13-4-2-3-5-15(13)17/h2-7,10H,8-9,11,18H2,1H3. The molecule has 0 saturated carbocycles. The molecule has 0 aliphatic carbocycles. The number of benzene rings is 2. The molecule has 0 amide bonds. The quantitative estimate of drug-likeness (QED) is 0.887. The highest BCUT2D eigenvalue weighted by atomic mass is 35.5. The highest BCUT2D eigenvalue weighted by Crippen LogP contribution is 2.27. The van der Waals surface area contributed by atoms with Crippen LogP contribution in [0.15, 0.2) is 42.5 Å². The van der Waals surface area contributed by atoms with Gasteiger partial charge in [-0.2, -0.15) is 0 Å². The zero-order valence-corrected chi connectivity index (χ0v) is 12.2. The molecule has 0 radical (unpaired) electrons. The van der Waals surface area contributed by atoms with Gasteiger partial charge in [-0.15, -0.1) is 0 Å². The van der Waals surface area contributed by atoms with E-state index in [1.54, 1.807) is 7.11 Å². The Morgan fingerprint density at radius 3 is 2.60 bits per heavy atom. The molecule has 0 spiro atoms. The Morgan fingerprint density at radius 2 is 1.90 bits per heavy atom. The summed E-state index contributed by atoms with van der Waals surface area (Å²) in [5.74, 6) is 1.55. The molecule has 0 bridgehead atoms. The van der Waals surface area contributed by atoms with Crippen molar-refractivity contribution in [1.29, 1.82) is 0 Å². The summed E-state index contributed by atoms with van der Waals surface area (Å²) >= 11 is 6.13. The first-order valence-electron chi connectivity index (χ1n) is 6.47. The van der Waals surface area contributed by atoms with E-state index >= 15 is 0 Å². The van der Waals surface area contributed by atoms with E-state index in [9.17, 15) is 0 Å². The fraction of sp³-hybridized carbons (Fsp3) is 0.250. The minimum absolute atomic E-state index is 0.421. The van der Waals surface area contributed by atoms with Crippen LogP contribution in [0.1, 0.15) is 11.1 Å². The summed E-state index contributed by atoms with van der Waals surface area (Å²) in [6.07, 6.45) is 0.766. The Hall–Kier alpha value is -1.71. The second-order valence-electron chi connectivity index (χ2n) is 4.39. The molecule has 2 aromatic rings. The number of methoxy groups -OCH3 is 1. The predicted octanol–water partition coefficient (Wildman–Crippen LogP) is 3.43. The lowest BCUT2D eigenvalue weighted by molar-refractivity contribution is 0.300. The molecule has 0 unspecified atom stereocenters. The summed E-state index contributed by atoms with van der Waals surface area (Å²) in [7, 11) is 1.63. The van der Waals surface area contributed by atoms with Gasteiger partial charge in [-0.3, -0.25) is 0 Å². The molecule has 3 nitrogen and oxygen atoms in total. The van der Waals surface area contributed by atoms with Crippen molar-refractivity contribution < 1.29 is 9.47 Å². The van der Waals surface area contributed by atoms with Crippen LogP contribution in [0.3, 0.4) is 0 Å². The summed E-state index contributed by atoms with van der Waals surface area (Å²) in [4.78, 5) is 0. The van der Waals surface area contributed by atoms with E-state index in [0.717, 1.165) is 29.0 Å². The number of hydrogen-bond acceptors (Lipinski definition) is 3. The van der Waals surface area contributed by atoms with Crippen molar-refractivity contribution in [2.24, 2.45) is 5.73 Å². The highest BCUT2D eigenvalue weighted by Gasteiger charge is 2.07. The zero-order chi connectivity index (χ0) is 14.4. The van der Waals surface area contributed by atoms with Crippen molar-refractivity contribution in [1.82, 2.24) is 0 Å². The lowest BCUT2D eigenvalue weighted by Gasteiger charge is -2.13. The number of ether oxygens (including phenoxy) is 2. The molecule has 0 fully saturated rings. The monoisotopic (exact) mass is 291 g/mol. The van der Waals surface area contributed by atoms with Gasteiger partial charge in [0.2, 0.25) is 0 Å². The van der Waals surface area contributed by atoms with Crippen LogP contribution in [-0.2, 0) is 13.0 Å². The van der Waals surface area contributed by atoms with Crippen LogP contribution >= 0.6 is 11.6 Å². The lowest BCUT2D eigenvalue weighted by atomic mass is 10.1. The first kappa shape index (κ1) is 14.7. The van der Waals surface area contributed by atoms with E-state index in [2.05, 4.69) is 0 Å². The Labute approximate surface area is 124 Å². The van der Waals surface area contributed by atoms with Crippen LogP contribution in [-0.4, -0.2) is 13.7 Å². The van der Waals surface area contributed by atoms with Gasteiger partial charge in [-0.25, -0.2) is 0 Å². The third kappa shape index (κ3) is 3.65. The van der Waals surface area contributed by atoms with Gasteiger partial charge in [0.25, 0.3) is 0 Å². The van der Waals surface area contributed by atoms with Gasteiger partial charge >= 0.3 is 0 Å². The van der Waals surface area contributed by atoms with Crippen LogP contribution in [0.25, 0.3) is 0 Å². The molecule has 4 heteroatoms. The van der Waals surface area contributed by atoms with Crippen molar-refractivity contribution in [3.8, 4) is 11.5 Å². The molecule has 2 rings (SSSR count). The molecule has 2 aromatic carbocycles. The first-order valence-corrected chi connectivity index (χ1v) is 6.85. The van der Waals surface area contributed by atoms with E-state index in [1.165, 1.54) is 0 Å². The van der Waals surface area contributed by atoms with E-state index < -0.39 is 0 Å². The zero-order valence-electron chi connectivity index (χ0n) is 11.4. The van der Waals surface area contributed by atoms with Gasteiger partial charge in [0.05, 0.1) is 7.11 Å². The van der Waals surface area contributed by atoms with Gasteiger partial charge in [-0.05, 0) is 30.7 Å². The smallest absolute Gasteiger partial charge is 0.126 e. The maximum absolute atomic E-state index is 6.13. The fourth-order valence-electron chi connectivity index (χ4n) is 1.93. The topological polar surface area (TPSA) is 44.5 Å². The molecule has 106 valence electrons. The third-order valence-electron chi connectivity index (χ3n) is 3.03. The van der Waals surface area contributed by atoms with Crippen LogP contribution in [0, 0.1) is 0 Å². The molecule has 0 aliphatic heterocycles. The lowest BCUT2D eigenvalue weighted by Crippen LogP contribution is -2.06. The van der Waals surface area contributed by atoms with Gasteiger partial charge in [0.1, 0.15) is 18.1 Å². The molecule has 0 atom stereocenters. The number of halogens is 1. The second kappa shape index (κ2) is 7.17. The SMILES string of the molecule is COc1ccc(CCN)c(OCc2ccccc2Cl)c1. The van der Waals surface area contributed by atoms with E-state index in [4.69, 9.17) is 26.8 Å². The van der Waals surface area contributed by atoms with E-state index in [0.29, 0.717) is 18.2 Å². The summed E-state index contributed by atoms with van der Waals surface area (Å²) in [5, 5.41) is 0.704. The Bertz CT molecular complexity index is 572. The van der Waals surface area contributed by atoms with Crippen molar-refractivity contribution in [3.05, 3.63) is 58.6 Å². The highest BCUT2D eigenvalue weighted by molar-refractivity contribution is 6.31. The van der Waals surface area contributed by atoms with Crippen molar-refractivity contribution >= 4 is 11.6 Å². The molecule has 0 saturated heterocycles. The molecule has 0 aromatic heterocycles. The number of hydrogen-bond donors (Lipinski definition) is 1. The predicted molar refractivity (Wildman–Crippen MR) is 81.5 cm³/mol. The fourth-order valence-corrected chi connectivity index (χ4v) is 2.12. The Balaban J connectivity index is 2.17. The average Bonchev–Trinajstić information content (AvgIpc) is 2.48. The summed E-state index contributed by atoms with van der Waals surface area (Å²) in [6, 6.07) is 13.4. The molecule has 20 heavy (non-hydrogen) atoms. The Kier molecular flexibility index (Phi) is 5.27. The normalized spacial score (nSPS) is 10.3. The van der Waals surface area contributed by atoms with Gasteiger partial charge < -0.3 is 15.2 Å². The van der Waals surface area contributed by atoms with Gasteiger partial charge in [0, 0.05) is 16.7 Å². The Morgan fingerprint density at radius 1 is 1.10 bits per heavy atom. The minimum Gasteiger partial charge on any atom is -0.497 e. The maximum Gasteiger partial charge on any atom is 0.126 e. The first-order chi connectivity index (χ1) is 9.74. The van der Waals surface area contributed by atoms with Crippen LogP contribution in [0.5, 0.6) is 11.5 Å². The molecule has 0 aliphatic rings. The number of rotatable bonds is 6. The molecular formula is C16H18ClNO2. The molecular weight excluding hydrogens is 274 g/mol. The summed E-state index contributed by atoms with van der Waals surface area (Å²) < 4.78 is 11.1. The van der Waals surface area contributed by atoms with Crippen molar-refractivity contribution in [3.63, 3.8) is 0 Å². The maximum atomic E-state index is 6.13. The molecule has 0 heterocycles. The third-order valence-corrected chi connectivity index (χ3v) is 3.40. The minimum atomic E-state index is 0.421. The number of nitrogens with two attached hydrogens (primary N) is 1. The molecule has 2 N–H and O–H groups in total. The van der Waals surface area contributed by atoms with Gasteiger partial charge in [0.15, 0.2) is 0 Å². The van der Waals surface area contributed by atoms with Crippen molar-refractivity contribution in [2.45, 2.75) is 13.0 Å². The second-order valence-corrected chi connectivity index (χ2v) is 4.80. The average molecular weight is 292 g/mol. The van der Waals surface area contributed by atoms with Crippen LogP contribution in [0.4, 0.5) is 0 Å². The van der Waals surface area contributed by atoms with E-state index in [-0.39, 0.29) is 0 Å². The van der Waals surface area contributed by atoms with Crippen LogP contribution < -0.4 is 15.2 Å².